The fraction of sp³-hybridized carbons (Fsp3) is 0.450. The number of anilines is 1. The van der Waals surface area contributed by atoms with E-state index in [0.717, 1.165) is 17.7 Å². The molecule has 1 aromatic carbocycles. The van der Waals surface area contributed by atoms with Gasteiger partial charge in [0.05, 0.1) is 24.4 Å². The van der Waals surface area contributed by atoms with Crippen molar-refractivity contribution in [1.29, 1.82) is 0 Å². The molecule has 2 bridgehead atoms. The zero-order chi connectivity index (χ0) is 19.1. The lowest BCUT2D eigenvalue weighted by Crippen LogP contribution is -2.41. The number of carbonyl (C=O) groups is 3. The van der Waals surface area contributed by atoms with E-state index in [9.17, 15) is 19.5 Å². The Hall–Kier alpha value is -2.83. The first-order chi connectivity index (χ1) is 13.0. The molecule has 1 aromatic rings. The Morgan fingerprint density at radius 2 is 1.85 bits per heavy atom. The van der Waals surface area contributed by atoms with Crippen molar-refractivity contribution in [3.63, 3.8) is 0 Å². The van der Waals surface area contributed by atoms with Gasteiger partial charge in [-0.1, -0.05) is 24.3 Å². The summed E-state index contributed by atoms with van der Waals surface area (Å²) in [6.07, 6.45) is 4.29. The molecule has 0 spiro atoms. The van der Waals surface area contributed by atoms with Gasteiger partial charge in [0.2, 0.25) is 5.91 Å². The molecule has 1 heterocycles. The van der Waals surface area contributed by atoms with Crippen LogP contribution in [0.1, 0.15) is 24.9 Å². The van der Waals surface area contributed by atoms with Crippen molar-refractivity contribution in [2.45, 2.75) is 19.4 Å². The van der Waals surface area contributed by atoms with Gasteiger partial charge >= 0.3 is 12.1 Å². The molecule has 7 nitrogen and oxygen atoms in total. The van der Waals surface area contributed by atoms with Crippen LogP contribution in [-0.4, -0.2) is 36.2 Å². The third kappa shape index (κ3) is 3.07. The number of carboxylic acid groups (broad SMARTS) is 1. The number of rotatable bonds is 5. The summed E-state index contributed by atoms with van der Waals surface area (Å²) in [7, 11) is 0. The Kier molecular flexibility index (Phi) is 4.37. The Morgan fingerprint density at radius 3 is 2.44 bits per heavy atom. The number of aliphatic carboxylic acids is 1. The molecular formula is C20H22N2O5. The minimum Gasteiger partial charge on any atom is -0.481 e. The van der Waals surface area contributed by atoms with E-state index in [1.807, 2.05) is 43.3 Å². The average Bonchev–Trinajstić information content (AvgIpc) is 3.37. The first kappa shape index (κ1) is 17.6. The number of hydrogen-bond donors (Lipinski definition) is 2. The molecule has 7 heteroatoms. The molecule has 1 aliphatic heterocycles. The quantitative estimate of drug-likeness (QED) is 0.776. The lowest BCUT2D eigenvalue weighted by molar-refractivity contribution is -0.148. The van der Waals surface area contributed by atoms with Gasteiger partial charge in [-0.3, -0.25) is 14.5 Å². The van der Waals surface area contributed by atoms with Crippen LogP contribution in [-0.2, 0) is 14.3 Å². The van der Waals surface area contributed by atoms with E-state index in [2.05, 4.69) is 5.32 Å². The van der Waals surface area contributed by atoms with Crippen LogP contribution in [0.5, 0.6) is 0 Å². The van der Waals surface area contributed by atoms with Gasteiger partial charge in [-0.15, -0.1) is 0 Å². The molecule has 2 amide bonds. The number of carboxylic acids is 1. The number of fused-ring (bicyclic) bond motifs is 2. The number of nitrogens with zero attached hydrogens (tertiary/aromatic N) is 1. The maximum atomic E-state index is 12.8. The number of allylic oxidation sites excluding steroid dienone is 2. The van der Waals surface area contributed by atoms with E-state index in [1.165, 1.54) is 0 Å². The summed E-state index contributed by atoms with van der Waals surface area (Å²) in [4.78, 5) is 37.6. The van der Waals surface area contributed by atoms with E-state index in [4.69, 9.17) is 4.74 Å². The molecular weight excluding hydrogens is 348 g/mol. The van der Waals surface area contributed by atoms with Crippen LogP contribution < -0.4 is 10.2 Å². The zero-order valence-electron chi connectivity index (χ0n) is 15.0. The molecule has 0 unspecified atom stereocenters. The Morgan fingerprint density at radius 1 is 1.19 bits per heavy atom. The summed E-state index contributed by atoms with van der Waals surface area (Å²) >= 11 is 0. The zero-order valence-corrected chi connectivity index (χ0v) is 15.0. The Labute approximate surface area is 157 Å². The molecule has 5 atom stereocenters. The summed E-state index contributed by atoms with van der Waals surface area (Å²) in [6.45, 7) is 2.78. The summed E-state index contributed by atoms with van der Waals surface area (Å²) in [6, 6.07) is 7.12. The van der Waals surface area contributed by atoms with Crippen molar-refractivity contribution in [2.24, 2.45) is 23.7 Å². The average molecular weight is 370 g/mol. The maximum absolute atomic E-state index is 12.8. The minimum atomic E-state index is -0.901. The highest BCUT2D eigenvalue weighted by Crippen LogP contribution is 2.48. The van der Waals surface area contributed by atoms with E-state index in [1.54, 1.807) is 4.90 Å². The van der Waals surface area contributed by atoms with E-state index in [-0.39, 0.29) is 29.9 Å². The number of ether oxygens (including phenoxy) is 1. The van der Waals surface area contributed by atoms with Gasteiger partial charge in [0.15, 0.2) is 0 Å². The third-order valence-corrected chi connectivity index (χ3v) is 5.87. The normalized spacial score (nSPS) is 29.7. The van der Waals surface area contributed by atoms with Crippen LogP contribution in [0.15, 0.2) is 36.4 Å². The molecule has 2 aliphatic carbocycles. The highest BCUT2D eigenvalue weighted by Gasteiger charge is 2.51. The second kappa shape index (κ2) is 6.72. The number of hydrogen-bond acceptors (Lipinski definition) is 4. The van der Waals surface area contributed by atoms with Crippen molar-refractivity contribution < 1.29 is 24.2 Å². The molecule has 2 N–H and O–H groups in total. The molecule has 1 saturated carbocycles. The topological polar surface area (TPSA) is 95.9 Å². The fourth-order valence-corrected chi connectivity index (χ4v) is 4.48. The molecule has 0 aromatic heterocycles. The minimum absolute atomic E-state index is 0.00635. The van der Waals surface area contributed by atoms with Gasteiger partial charge in [0.25, 0.3) is 0 Å². The molecule has 0 radical (unpaired) electrons. The smallest absolute Gasteiger partial charge is 0.414 e. The number of amides is 2. The van der Waals surface area contributed by atoms with E-state index in [0.29, 0.717) is 13.2 Å². The van der Waals surface area contributed by atoms with Crippen molar-refractivity contribution in [3.8, 4) is 0 Å². The fourth-order valence-electron chi connectivity index (χ4n) is 4.48. The first-order valence-electron chi connectivity index (χ1n) is 9.21. The van der Waals surface area contributed by atoms with Gasteiger partial charge in [-0.2, -0.15) is 0 Å². The van der Waals surface area contributed by atoms with Crippen molar-refractivity contribution in [2.75, 3.05) is 18.1 Å². The predicted molar refractivity (Wildman–Crippen MR) is 97.0 cm³/mol. The lowest BCUT2D eigenvalue weighted by Gasteiger charge is -2.26. The maximum Gasteiger partial charge on any atom is 0.414 e. The molecule has 3 aliphatic rings. The molecule has 4 rings (SSSR count). The predicted octanol–water partition coefficient (Wildman–Crippen LogP) is 2.34. The van der Waals surface area contributed by atoms with Crippen molar-refractivity contribution >= 4 is 23.7 Å². The summed E-state index contributed by atoms with van der Waals surface area (Å²) < 4.78 is 4.94. The van der Waals surface area contributed by atoms with Crippen LogP contribution in [0.4, 0.5) is 10.5 Å². The first-order valence-corrected chi connectivity index (χ1v) is 9.21. The van der Waals surface area contributed by atoms with Gasteiger partial charge < -0.3 is 15.2 Å². The second-order valence-corrected chi connectivity index (χ2v) is 7.43. The van der Waals surface area contributed by atoms with Crippen LogP contribution in [0.3, 0.4) is 0 Å². The lowest BCUT2D eigenvalue weighted by atomic mass is 9.82. The molecule has 142 valence electrons. The number of carbonyl (C=O) groups excluding carboxylic acids is 2. The van der Waals surface area contributed by atoms with Crippen LogP contribution >= 0.6 is 0 Å². The van der Waals surface area contributed by atoms with Gasteiger partial charge in [0.1, 0.15) is 6.61 Å². The highest BCUT2D eigenvalue weighted by atomic mass is 16.6. The highest BCUT2D eigenvalue weighted by molar-refractivity contribution is 5.89. The van der Waals surface area contributed by atoms with E-state index >= 15 is 0 Å². The summed E-state index contributed by atoms with van der Waals surface area (Å²) in [5.74, 6) is -2.31. The van der Waals surface area contributed by atoms with E-state index < -0.39 is 17.8 Å². The molecule has 27 heavy (non-hydrogen) atoms. The molecule has 1 saturated heterocycles. The van der Waals surface area contributed by atoms with Crippen molar-refractivity contribution in [1.82, 2.24) is 5.32 Å². The Bertz CT molecular complexity index is 803. The summed E-state index contributed by atoms with van der Waals surface area (Å²) in [5, 5.41) is 12.5. The standard InChI is InChI=1S/C20H22N2O5/c1-11(12-4-6-15(7-5-12)22-8-9-27-20(22)26)21-18(23)16-13-2-3-14(10-13)17(16)19(24)25/h2-7,11,13-14,16-17H,8-10H2,1H3,(H,21,23)(H,24,25)/t11-,13-,14-,16+,17-/m0/s1. The number of benzene rings is 1. The SMILES string of the molecule is C[C@H](NC(=O)[C@H]1[C@@H](C(=O)O)[C@H]2C=C[C@H]1C2)c1ccc(N2CCOC2=O)cc1. The molecule has 2 fully saturated rings. The summed E-state index contributed by atoms with van der Waals surface area (Å²) in [5.41, 5.74) is 1.65. The van der Waals surface area contributed by atoms with Gasteiger partial charge in [0, 0.05) is 5.69 Å². The van der Waals surface area contributed by atoms with Crippen LogP contribution in [0.25, 0.3) is 0 Å². The third-order valence-electron chi connectivity index (χ3n) is 5.87. The number of nitrogens with one attached hydrogen (secondary N) is 1. The van der Waals surface area contributed by atoms with Crippen LogP contribution in [0, 0.1) is 23.7 Å². The number of cyclic esters (lactones) is 1. The second-order valence-electron chi connectivity index (χ2n) is 7.43. The van der Waals surface area contributed by atoms with Gasteiger partial charge in [-0.25, -0.2) is 4.79 Å². The largest absolute Gasteiger partial charge is 0.481 e. The van der Waals surface area contributed by atoms with Crippen molar-refractivity contribution in [3.05, 3.63) is 42.0 Å². The monoisotopic (exact) mass is 370 g/mol. The van der Waals surface area contributed by atoms with Crippen LogP contribution in [0.2, 0.25) is 0 Å². The Balaban J connectivity index is 1.43. The van der Waals surface area contributed by atoms with Gasteiger partial charge in [-0.05, 0) is 42.9 Å².